The number of piperidine rings is 1. The van der Waals surface area contributed by atoms with Gasteiger partial charge in [0, 0.05) is 18.0 Å². The second-order valence-corrected chi connectivity index (χ2v) is 8.34. The van der Waals surface area contributed by atoms with Gasteiger partial charge in [0.1, 0.15) is 0 Å². The number of sulfonamides is 1. The van der Waals surface area contributed by atoms with Gasteiger partial charge in [-0.1, -0.05) is 20.3 Å². The van der Waals surface area contributed by atoms with Gasteiger partial charge in [-0.2, -0.15) is 4.31 Å². The molecule has 2 heterocycles. The zero-order valence-corrected chi connectivity index (χ0v) is 13.1. The Labute approximate surface area is 119 Å². The van der Waals surface area contributed by atoms with Crippen LogP contribution in [-0.4, -0.2) is 30.9 Å². The van der Waals surface area contributed by atoms with Gasteiger partial charge in [-0.25, -0.2) is 8.42 Å². The van der Waals surface area contributed by atoms with Crippen molar-refractivity contribution in [1.29, 1.82) is 0 Å². The van der Waals surface area contributed by atoms with Crippen molar-refractivity contribution in [2.45, 2.75) is 44.6 Å². The van der Waals surface area contributed by atoms with Crippen molar-refractivity contribution >= 4 is 21.4 Å². The molecule has 19 heavy (non-hydrogen) atoms. The second kappa shape index (κ2) is 5.52. The smallest absolute Gasteiger partial charge is 0.244 e. The fourth-order valence-electron chi connectivity index (χ4n) is 2.43. The second-order valence-electron chi connectivity index (χ2n) is 5.43. The highest BCUT2D eigenvalue weighted by Crippen LogP contribution is 2.36. The Morgan fingerprint density at radius 1 is 1.42 bits per heavy atom. The molecule has 0 unspecified atom stereocenters. The van der Waals surface area contributed by atoms with Crippen LogP contribution in [0.15, 0.2) is 16.3 Å². The number of rotatable bonds is 4. The lowest BCUT2D eigenvalue weighted by atomic mass is 9.79. The molecule has 1 aromatic heterocycles. The molecule has 0 aromatic carbocycles. The van der Waals surface area contributed by atoms with Crippen molar-refractivity contribution in [2.75, 3.05) is 13.1 Å². The fourth-order valence-corrected chi connectivity index (χ4v) is 5.14. The summed E-state index contributed by atoms with van der Waals surface area (Å²) < 4.78 is 26.7. The van der Waals surface area contributed by atoms with Gasteiger partial charge in [-0.15, -0.1) is 11.3 Å². The van der Waals surface area contributed by atoms with Gasteiger partial charge in [-0.3, -0.25) is 0 Å². The number of thiophene rings is 1. The van der Waals surface area contributed by atoms with Gasteiger partial charge in [0.25, 0.3) is 0 Å². The van der Waals surface area contributed by atoms with Crippen molar-refractivity contribution < 1.29 is 13.5 Å². The minimum absolute atomic E-state index is 0.216. The standard InChI is InChI=1S/C13H21NO3S2/c1-3-13(2)5-7-14(8-6-13)19(16,17)12-4-9-18-11(12)10-15/h4,9,15H,3,5-8,10H2,1-2H3. The van der Waals surface area contributed by atoms with E-state index in [1.807, 2.05) is 0 Å². The van der Waals surface area contributed by atoms with E-state index in [-0.39, 0.29) is 16.9 Å². The van der Waals surface area contributed by atoms with Crippen LogP contribution in [0.3, 0.4) is 0 Å². The molecule has 0 aliphatic carbocycles. The highest BCUT2D eigenvalue weighted by atomic mass is 32.2. The molecule has 108 valence electrons. The Morgan fingerprint density at radius 3 is 2.58 bits per heavy atom. The van der Waals surface area contributed by atoms with Crippen LogP contribution in [0, 0.1) is 5.41 Å². The average Bonchev–Trinajstić information content (AvgIpc) is 2.88. The lowest BCUT2D eigenvalue weighted by Crippen LogP contribution is -2.41. The molecule has 0 amide bonds. The minimum atomic E-state index is -3.44. The van der Waals surface area contributed by atoms with Crippen molar-refractivity contribution in [2.24, 2.45) is 5.41 Å². The number of nitrogens with zero attached hydrogens (tertiary/aromatic N) is 1. The van der Waals surface area contributed by atoms with E-state index < -0.39 is 10.0 Å². The fraction of sp³-hybridized carbons (Fsp3) is 0.692. The molecular formula is C13H21NO3S2. The molecule has 6 heteroatoms. The number of aliphatic hydroxyl groups excluding tert-OH is 1. The normalized spacial score (nSPS) is 20.6. The van der Waals surface area contributed by atoms with E-state index in [9.17, 15) is 13.5 Å². The third-order valence-electron chi connectivity index (χ3n) is 4.25. The van der Waals surface area contributed by atoms with Crippen molar-refractivity contribution in [1.82, 2.24) is 4.31 Å². The highest BCUT2D eigenvalue weighted by molar-refractivity contribution is 7.89. The lowest BCUT2D eigenvalue weighted by molar-refractivity contribution is 0.169. The molecular weight excluding hydrogens is 282 g/mol. The number of hydrogen-bond acceptors (Lipinski definition) is 4. The first-order valence-corrected chi connectivity index (χ1v) is 8.92. The van der Waals surface area contributed by atoms with Crippen LogP contribution in [0.1, 0.15) is 38.0 Å². The molecule has 1 aliphatic heterocycles. The molecule has 1 saturated heterocycles. The van der Waals surface area contributed by atoms with Gasteiger partial charge >= 0.3 is 0 Å². The van der Waals surface area contributed by atoms with E-state index in [4.69, 9.17) is 0 Å². The molecule has 0 radical (unpaired) electrons. The Bertz CT molecular complexity index is 528. The van der Waals surface area contributed by atoms with Gasteiger partial charge in [0.05, 0.1) is 11.5 Å². The highest BCUT2D eigenvalue weighted by Gasteiger charge is 2.35. The van der Waals surface area contributed by atoms with E-state index in [1.54, 1.807) is 15.8 Å². The first-order valence-electron chi connectivity index (χ1n) is 6.60. The SMILES string of the molecule is CCC1(C)CCN(S(=O)(=O)c2ccsc2CO)CC1. The molecule has 0 spiro atoms. The molecule has 1 aliphatic rings. The summed E-state index contributed by atoms with van der Waals surface area (Å²) in [7, 11) is -3.44. The first kappa shape index (κ1) is 15.0. The Kier molecular flexibility index (Phi) is 4.35. The summed E-state index contributed by atoms with van der Waals surface area (Å²) in [6.07, 6.45) is 2.89. The van der Waals surface area contributed by atoms with E-state index in [1.165, 1.54) is 11.3 Å². The maximum absolute atomic E-state index is 12.5. The maximum atomic E-state index is 12.5. The number of hydrogen-bond donors (Lipinski definition) is 1. The molecule has 0 saturated carbocycles. The van der Waals surface area contributed by atoms with Gasteiger partial charge in [-0.05, 0) is 29.7 Å². The van der Waals surface area contributed by atoms with Crippen LogP contribution < -0.4 is 0 Å². The van der Waals surface area contributed by atoms with Gasteiger partial charge in [0.2, 0.25) is 10.0 Å². The summed E-state index contributed by atoms with van der Waals surface area (Å²) in [6, 6.07) is 1.60. The van der Waals surface area contributed by atoms with Crippen LogP contribution in [0.4, 0.5) is 0 Å². The zero-order chi connectivity index (χ0) is 14.1. The topological polar surface area (TPSA) is 57.6 Å². The summed E-state index contributed by atoms with van der Waals surface area (Å²) in [5, 5.41) is 10.9. The Hall–Kier alpha value is -0.430. The maximum Gasteiger partial charge on any atom is 0.244 e. The molecule has 2 rings (SSSR count). The van der Waals surface area contributed by atoms with Crippen LogP contribution >= 0.6 is 11.3 Å². The van der Waals surface area contributed by atoms with E-state index in [2.05, 4.69) is 13.8 Å². The molecule has 1 N–H and O–H groups in total. The van der Waals surface area contributed by atoms with Gasteiger partial charge in [0.15, 0.2) is 0 Å². The average molecular weight is 303 g/mol. The van der Waals surface area contributed by atoms with Crippen molar-refractivity contribution in [3.05, 3.63) is 16.3 Å². The predicted molar refractivity (Wildman–Crippen MR) is 76.6 cm³/mol. The summed E-state index contributed by atoms with van der Waals surface area (Å²) in [4.78, 5) is 0.809. The van der Waals surface area contributed by atoms with Crippen LogP contribution in [0.25, 0.3) is 0 Å². The molecule has 0 atom stereocenters. The van der Waals surface area contributed by atoms with E-state index >= 15 is 0 Å². The lowest BCUT2D eigenvalue weighted by Gasteiger charge is -2.38. The largest absolute Gasteiger partial charge is 0.391 e. The van der Waals surface area contributed by atoms with Crippen LogP contribution in [0.5, 0.6) is 0 Å². The zero-order valence-electron chi connectivity index (χ0n) is 11.4. The van der Waals surface area contributed by atoms with Crippen molar-refractivity contribution in [3.8, 4) is 0 Å². The molecule has 0 bridgehead atoms. The quantitative estimate of drug-likeness (QED) is 0.929. The molecule has 4 nitrogen and oxygen atoms in total. The third kappa shape index (κ3) is 2.86. The van der Waals surface area contributed by atoms with Crippen LogP contribution in [-0.2, 0) is 16.6 Å². The van der Waals surface area contributed by atoms with Gasteiger partial charge < -0.3 is 5.11 Å². The summed E-state index contributed by atoms with van der Waals surface area (Å²) in [5.74, 6) is 0. The molecule has 1 fully saturated rings. The van der Waals surface area contributed by atoms with Crippen molar-refractivity contribution in [3.63, 3.8) is 0 Å². The Balaban J connectivity index is 2.19. The first-order chi connectivity index (χ1) is 8.93. The minimum Gasteiger partial charge on any atom is -0.391 e. The molecule has 1 aromatic rings. The van der Waals surface area contributed by atoms with E-state index in [0.29, 0.717) is 18.0 Å². The predicted octanol–water partition coefficient (Wildman–Crippen LogP) is 2.44. The third-order valence-corrected chi connectivity index (χ3v) is 7.27. The number of aliphatic hydroxyl groups is 1. The summed E-state index contributed by atoms with van der Waals surface area (Å²) >= 11 is 1.29. The van der Waals surface area contributed by atoms with E-state index in [0.717, 1.165) is 19.3 Å². The summed E-state index contributed by atoms with van der Waals surface area (Å²) in [5.41, 5.74) is 0.264. The monoisotopic (exact) mass is 303 g/mol. The van der Waals surface area contributed by atoms with Crippen LogP contribution in [0.2, 0.25) is 0 Å². The Morgan fingerprint density at radius 2 is 2.05 bits per heavy atom. The summed E-state index contributed by atoms with van der Waals surface area (Å²) in [6.45, 7) is 5.32.